The van der Waals surface area contributed by atoms with E-state index in [1.54, 1.807) is 30.3 Å². The standard InChI is InChI=1S/C21H23ClN2O5/c1-3-7-27-17-6-5-15(12-18(17)26-2)21(25)24-23-13-14-10-16(22)20-19(11-14)28-8-4-9-29-20/h5-6,10-13H,3-4,7-9H2,1-2H3,(H,24,25)/b23-13-. The summed E-state index contributed by atoms with van der Waals surface area (Å²) in [6.45, 7) is 3.70. The SMILES string of the molecule is CCCOc1ccc(C(=O)N/N=C\c2cc(Cl)c3c(c2)OCCCO3)cc1OC. The zero-order valence-electron chi connectivity index (χ0n) is 16.4. The number of carbonyl (C=O) groups excluding carboxylic acids is 1. The minimum absolute atomic E-state index is 0.373. The van der Waals surface area contributed by atoms with E-state index in [9.17, 15) is 4.79 Å². The van der Waals surface area contributed by atoms with E-state index in [1.165, 1.54) is 13.3 Å². The first kappa shape index (κ1) is 20.8. The van der Waals surface area contributed by atoms with Gasteiger partial charge in [-0.1, -0.05) is 18.5 Å². The number of nitrogens with zero attached hydrogens (tertiary/aromatic N) is 1. The molecule has 0 aromatic heterocycles. The van der Waals surface area contributed by atoms with E-state index in [4.69, 9.17) is 30.5 Å². The third kappa shape index (κ3) is 5.32. The Labute approximate surface area is 174 Å². The van der Waals surface area contributed by atoms with Crippen LogP contribution in [0.3, 0.4) is 0 Å². The molecule has 8 heteroatoms. The summed E-state index contributed by atoms with van der Waals surface area (Å²) < 4.78 is 22.1. The lowest BCUT2D eigenvalue weighted by atomic mass is 10.2. The molecule has 0 fully saturated rings. The number of benzene rings is 2. The first-order chi connectivity index (χ1) is 14.1. The number of hydrogen-bond acceptors (Lipinski definition) is 6. The van der Waals surface area contributed by atoms with Crippen LogP contribution < -0.4 is 24.4 Å². The number of nitrogens with one attached hydrogen (secondary N) is 1. The van der Waals surface area contributed by atoms with Crippen molar-refractivity contribution in [2.75, 3.05) is 26.9 Å². The summed E-state index contributed by atoms with van der Waals surface area (Å²) >= 11 is 6.26. The zero-order chi connectivity index (χ0) is 20.6. The largest absolute Gasteiger partial charge is 0.493 e. The molecule has 0 saturated heterocycles. The molecule has 0 saturated carbocycles. The molecule has 154 valence electrons. The average Bonchev–Trinajstić information content (AvgIpc) is 2.98. The van der Waals surface area contributed by atoms with Gasteiger partial charge in [0.2, 0.25) is 0 Å². The molecule has 1 N–H and O–H groups in total. The van der Waals surface area contributed by atoms with Crippen LogP contribution in [0, 0.1) is 0 Å². The first-order valence-corrected chi connectivity index (χ1v) is 9.73. The van der Waals surface area contributed by atoms with Crippen molar-refractivity contribution in [3.63, 3.8) is 0 Å². The van der Waals surface area contributed by atoms with Crippen LogP contribution in [0.15, 0.2) is 35.4 Å². The maximum Gasteiger partial charge on any atom is 0.271 e. The van der Waals surface area contributed by atoms with Gasteiger partial charge in [-0.15, -0.1) is 0 Å². The van der Waals surface area contributed by atoms with Crippen molar-refractivity contribution >= 4 is 23.7 Å². The fraction of sp³-hybridized carbons (Fsp3) is 0.333. The number of hydrazone groups is 1. The van der Waals surface area contributed by atoms with E-state index in [1.807, 2.05) is 6.92 Å². The first-order valence-electron chi connectivity index (χ1n) is 9.35. The predicted molar refractivity (Wildman–Crippen MR) is 111 cm³/mol. The molecule has 1 heterocycles. The highest BCUT2D eigenvalue weighted by Gasteiger charge is 2.15. The van der Waals surface area contributed by atoms with Crippen LogP contribution in [-0.2, 0) is 0 Å². The molecule has 1 aliphatic rings. The Hall–Kier alpha value is -2.93. The van der Waals surface area contributed by atoms with Gasteiger partial charge in [0, 0.05) is 12.0 Å². The summed E-state index contributed by atoms with van der Waals surface area (Å²) in [6.07, 6.45) is 3.16. The van der Waals surface area contributed by atoms with Gasteiger partial charge in [-0.3, -0.25) is 4.79 Å². The van der Waals surface area contributed by atoms with Crippen molar-refractivity contribution in [1.82, 2.24) is 5.43 Å². The molecule has 0 bridgehead atoms. The quantitative estimate of drug-likeness (QED) is 0.541. The summed E-state index contributed by atoms with van der Waals surface area (Å²) in [5, 5.41) is 4.44. The van der Waals surface area contributed by atoms with Crippen LogP contribution in [-0.4, -0.2) is 39.1 Å². The number of methoxy groups -OCH3 is 1. The summed E-state index contributed by atoms with van der Waals surface area (Å²) in [7, 11) is 1.53. The molecular weight excluding hydrogens is 396 g/mol. The number of ether oxygens (including phenoxy) is 4. The monoisotopic (exact) mass is 418 g/mol. The second-order valence-electron chi connectivity index (χ2n) is 6.29. The highest BCUT2D eigenvalue weighted by molar-refractivity contribution is 6.32. The van der Waals surface area contributed by atoms with E-state index in [2.05, 4.69) is 10.5 Å². The van der Waals surface area contributed by atoms with E-state index in [0.29, 0.717) is 59.0 Å². The van der Waals surface area contributed by atoms with Gasteiger partial charge >= 0.3 is 0 Å². The van der Waals surface area contributed by atoms with Gasteiger partial charge in [-0.25, -0.2) is 5.43 Å². The van der Waals surface area contributed by atoms with Crippen molar-refractivity contribution < 1.29 is 23.7 Å². The van der Waals surface area contributed by atoms with Crippen molar-refractivity contribution in [1.29, 1.82) is 0 Å². The summed E-state index contributed by atoms with van der Waals surface area (Å²) in [5.41, 5.74) is 3.58. The molecule has 0 aliphatic carbocycles. The topological polar surface area (TPSA) is 78.4 Å². The van der Waals surface area contributed by atoms with Gasteiger partial charge in [0.1, 0.15) is 0 Å². The van der Waals surface area contributed by atoms with Crippen LogP contribution in [0.25, 0.3) is 0 Å². The van der Waals surface area contributed by atoms with E-state index in [-0.39, 0.29) is 5.91 Å². The van der Waals surface area contributed by atoms with E-state index < -0.39 is 0 Å². The second-order valence-corrected chi connectivity index (χ2v) is 6.70. The number of fused-ring (bicyclic) bond motifs is 1. The van der Waals surface area contributed by atoms with Crippen LogP contribution >= 0.6 is 11.6 Å². The van der Waals surface area contributed by atoms with Crippen LogP contribution in [0.2, 0.25) is 5.02 Å². The van der Waals surface area contributed by atoms with Gasteiger partial charge in [-0.05, 0) is 42.3 Å². The Morgan fingerprint density at radius 3 is 2.86 bits per heavy atom. The number of hydrogen-bond donors (Lipinski definition) is 1. The Bertz CT molecular complexity index is 901. The molecule has 0 unspecified atom stereocenters. The molecule has 3 rings (SSSR count). The van der Waals surface area contributed by atoms with Crippen LogP contribution in [0.5, 0.6) is 23.0 Å². The lowest BCUT2D eigenvalue weighted by Crippen LogP contribution is -2.17. The van der Waals surface area contributed by atoms with Gasteiger partial charge in [0.25, 0.3) is 5.91 Å². The van der Waals surface area contributed by atoms with Gasteiger partial charge < -0.3 is 18.9 Å². The van der Waals surface area contributed by atoms with Gasteiger partial charge in [-0.2, -0.15) is 5.10 Å². The molecule has 1 aliphatic heterocycles. The van der Waals surface area contributed by atoms with Crippen molar-refractivity contribution in [3.05, 3.63) is 46.5 Å². The predicted octanol–water partition coefficient (Wildman–Crippen LogP) is 4.06. The molecule has 7 nitrogen and oxygen atoms in total. The number of amides is 1. The maximum absolute atomic E-state index is 12.4. The minimum Gasteiger partial charge on any atom is -0.493 e. The zero-order valence-corrected chi connectivity index (χ0v) is 17.1. The second kappa shape index (κ2) is 10.0. The highest BCUT2D eigenvalue weighted by Crippen LogP contribution is 2.37. The molecule has 2 aromatic carbocycles. The van der Waals surface area contributed by atoms with Gasteiger partial charge in [0.05, 0.1) is 38.2 Å². The lowest BCUT2D eigenvalue weighted by Gasteiger charge is -2.11. The molecule has 2 aromatic rings. The van der Waals surface area contributed by atoms with Crippen molar-refractivity contribution in [2.45, 2.75) is 19.8 Å². The Morgan fingerprint density at radius 2 is 2.07 bits per heavy atom. The molecule has 0 radical (unpaired) electrons. The van der Waals surface area contributed by atoms with E-state index in [0.717, 1.165) is 12.8 Å². The average molecular weight is 419 g/mol. The third-order valence-electron chi connectivity index (χ3n) is 4.09. The maximum atomic E-state index is 12.4. The van der Waals surface area contributed by atoms with E-state index >= 15 is 0 Å². The highest BCUT2D eigenvalue weighted by atomic mass is 35.5. The molecule has 29 heavy (non-hydrogen) atoms. The fourth-order valence-corrected chi connectivity index (χ4v) is 2.97. The number of carbonyl (C=O) groups is 1. The minimum atomic E-state index is -0.373. The Kier molecular flexibility index (Phi) is 7.19. The summed E-state index contributed by atoms with van der Waals surface area (Å²) in [4.78, 5) is 12.4. The Balaban J connectivity index is 1.68. The Morgan fingerprint density at radius 1 is 1.24 bits per heavy atom. The molecule has 0 spiro atoms. The molecule has 1 amide bonds. The fourth-order valence-electron chi connectivity index (χ4n) is 2.70. The van der Waals surface area contributed by atoms with Crippen molar-refractivity contribution in [2.24, 2.45) is 5.10 Å². The van der Waals surface area contributed by atoms with Gasteiger partial charge in [0.15, 0.2) is 23.0 Å². The molecule has 0 atom stereocenters. The number of halogens is 1. The van der Waals surface area contributed by atoms with Crippen LogP contribution in [0.4, 0.5) is 0 Å². The van der Waals surface area contributed by atoms with Crippen LogP contribution in [0.1, 0.15) is 35.7 Å². The third-order valence-corrected chi connectivity index (χ3v) is 4.37. The molecular formula is C21H23ClN2O5. The number of rotatable bonds is 7. The summed E-state index contributed by atoms with van der Waals surface area (Å²) in [5.74, 6) is 1.81. The van der Waals surface area contributed by atoms with Crippen molar-refractivity contribution in [3.8, 4) is 23.0 Å². The summed E-state index contributed by atoms with van der Waals surface area (Å²) in [6, 6.07) is 8.44. The normalized spacial score (nSPS) is 13.1. The lowest BCUT2D eigenvalue weighted by molar-refractivity contribution is 0.0954. The smallest absolute Gasteiger partial charge is 0.271 e.